The van der Waals surface area contributed by atoms with Crippen molar-refractivity contribution >= 4 is 16.5 Å². The molecule has 0 aromatic carbocycles. The van der Waals surface area contributed by atoms with Crippen LogP contribution < -0.4 is 19.6 Å². The van der Waals surface area contributed by atoms with E-state index in [1.165, 1.54) is 0 Å². The maximum Gasteiger partial charge on any atom is 1.00 e. The fraction of sp³-hybridized carbons (Fsp3) is 0. The third-order valence-electron chi connectivity index (χ3n) is 0. The normalized spacial score (nSPS) is 4.33. The molecule has 0 atom stereocenters. The Morgan fingerprint density at radius 3 is 0.583 bits per heavy atom. The SMILES string of the molecule is O=[P+]([O-])[O-].O=[P+]([O-])[O-].[Ag+].[Ag+].[Ag+].[Ag+]. The molecule has 0 aliphatic carbocycles. The van der Waals surface area contributed by atoms with E-state index in [4.69, 9.17) is 28.7 Å². The molecule has 88 valence electrons. The molecular weight excluding hydrogens is 589 g/mol. The van der Waals surface area contributed by atoms with Crippen LogP contribution in [-0.4, -0.2) is 0 Å². The van der Waals surface area contributed by atoms with Crippen molar-refractivity contribution in [3.8, 4) is 0 Å². The van der Waals surface area contributed by atoms with Gasteiger partial charge in [-0.05, 0) is 0 Å². The van der Waals surface area contributed by atoms with Gasteiger partial charge in [0.1, 0.15) is 0 Å². The van der Waals surface area contributed by atoms with Gasteiger partial charge in [-0.25, -0.2) is 0 Å². The summed E-state index contributed by atoms with van der Waals surface area (Å²) in [6, 6.07) is 0. The second-order valence-electron chi connectivity index (χ2n) is 0.447. The number of rotatable bonds is 0. The zero-order chi connectivity index (χ0) is 7.15. The summed E-state index contributed by atoms with van der Waals surface area (Å²) in [5.74, 6) is 0. The molecule has 0 saturated heterocycles. The minimum atomic E-state index is -3.37. The molecule has 0 heterocycles. The Kier molecular flexibility index (Phi) is 88.3. The Balaban J connectivity index is -0.0000000112. The predicted molar refractivity (Wildman–Crippen MR) is 15.2 cm³/mol. The van der Waals surface area contributed by atoms with Crippen molar-refractivity contribution in [1.29, 1.82) is 0 Å². The van der Waals surface area contributed by atoms with Gasteiger partial charge < -0.3 is 19.6 Å². The van der Waals surface area contributed by atoms with Gasteiger partial charge in [-0.15, -0.1) is 0 Å². The molecule has 0 aliphatic heterocycles. The Morgan fingerprint density at radius 2 is 0.583 bits per heavy atom. The van der Waals surface area contributed by atoms with E-state index in [9.17, 15) is 0 Å². The van der Waals surface area contributed by atoms with Gasteiger partial charge in [0.2, 0.25) is 0 Å². The van der Waals surface area contributed by atoms with Crippen LogP contribution in [0.5, 0.6) is 0 Å². The Bertz CT molecular complexity index is 75.5. The van der Waals surface area contributed by atoms with E-state index < -0.39 is 16.5 Å². The van der Waals surface area contributed by atoms with Crippen molar-refractivity contribution in [2.45, 2.75) is 0 Å². The summed E-state index contributed by atoms with van der Waals surface area (Å²) >= 11 is 0. The summed E-state index contributed by atoms with van der Waals surface area (Å²) < 4.78 is 17.0. The van der Waals surface area contributed by atoms with Gasteiger partial charge >= 0.3 is 89.5 Å². The summed E-state index contributed by atoms with van der Waals surface area (Å²) in [6.07, 6.45) is 0. The van der Waals surface area contributed by atoms with E-state index in [1.54, 1.807) is 0 Å². The zero-order valence-electron chi connectivity index (χ0n) is 4.55. The number of hydrogen-bond acceptors (Lipinski definition) is 6. The topological polar surface area (TPSA) is 126 Å². The molecule has 0 amide bonds. The van der Waals surface area contributed by atoms with Crippen LogP contribution in [0, 0.1) is 0 Å². The van der Waals surface area contributed by atoms with Crippen LogP contribution in [0.3, 0.4) is 0 Å². The third-order valence-corrected chi connectivity index (χ3v) is 0. The fourth-order valence-corrected chi connectivity index (χ4v) is 0. The van der Waals surface area contributed by atoms with E-state index >= 15 is 0 Å². The molecule has 0 aliphatic rings. The van der Waals surface area contributed by atoms with E-state index in [-0.39, 0.29) is 89.5 Å². The third kappa shape index (κ3) is 208. The monoisotopic (exact) mass is 586 g/mol. The Labute approximate surface area is 133 Å². The first-order valence-electron chi connectivity index (χ1n) is 1.10. The molecule has 0 saturated carbocycles. The van der Waals surface area contributed by atoms with Gasteiger partial charge in [0.15, 0.2) is 0 Å². The molecule has 0 bridgehead atoms. The van der Waals surface area contributed by atoms with Gasteiger partial charge in [-0.3, -0.25) is 0 Å². The van der Waals surface area contributed by atoms with Crippen molar-refractivity contribution in [3.05, 3.63) is 0 Å². The number of hydrogen-bond donors (Lipinski definition) is 0. The molecule has 0 aromatic heterocycles. The predicted octanol–water partition coefficient (Wildman–Crippen LogP) is -3.28. The molecule has 12 heavy (non-hydrogen) atoms. The van der Waals surface area contributed by atoms with Crippen molar-refractivity contribution in [2.75, 3.05) is 0 Å². The van der Waals surface area contributed by atoms with E-state index in [0.717, 1.165) is 0 Å². The fourth-order valence-electron chi connectivity index (χ4n) is 0. The van der Waals surface area contributed by atoms with Gasteiger partial charge in [0.25, 0.3) is 16.5 Å². The summed E-state index contributed by atoms with van der Waals surface area (Å²) in [4.78, 5) is 33.9. The standard InChI is InChI=1S/4Ag.2HO3P/c;;;;2*1-4(2)3/h;;;;2*(H,1,2,3)/q4*+1;;/p-2. The second-order valence-corrected chi connectivity index (χ2v) is 1.34. The Morgan fingerprint density at radius 1 is 0.583 bits per heavy atom. The van der Waals surface area contributed by atoms with Crippen LogP contribution in [0.4, 0.5) is 0 Å². The largest absolute Gasteiger partial charge is 1.00 e. The smallest absolute Gasteiger partial charge is 0.598 e. The first kappa shape index (κ1) is 36.3. The first-order valence-corrected chi connectivity index (χ1v) is 3.29. The molecule has 0 N–H and O–H groups in total. The van der Waals surface area contributed by atoms with Crippen LogP contribution in [-0.2, 0) is 98.7 Å². The molecular formula is Ag4O6P2+2. The Hall–Kier alpha value is 3.00. The first-order chi connectivity index (χ1) is 3.46. The van der Waals surface area contributed by atoms with Crippen LogP contribution in [0.2, 0.25) is 0 Å². The van der Waals surface area contributed by atoms with Crippen molar-refractivity contribution in [3.63, 3.8) is 0 Å². The minimum Gasteiger partial charge on any atom is -0.598 e. The minimum absolute atomic E-state index is 0. The van der Waals surface area contributed by atoms with Crippen LogP contribution in [0.1, 0.15) is 0 Å². The van der Waals surface area contributed by atoms with Gasteiger partial charge in [0.05, 0.1) is 0 Å². The van der Waals surface area contributed by atoms with Gasteiger partial charge in [-0.1, -0.05) is 9.13 Å². The molecule has 12 heteroatoms. The quantitative estimate of drug-likeness (QED) is 0.216. The van der Waals surface area contributed by atoms with Crippen LogP contribution >= 0.6 is 16.5 Å². The van der Waals surface area contributed by atoms with E-state index in [2.05, 4.69) is 0 Å². The average Bonchev–Trinajstić information content (AvgIpc) is 1.25. The molecule has 0 rings (SSSR count). The zero-order valence-corrected chi connectivity index (χ0v) is 12.3. The molecule has 6 nitrogen and oxygen atoms in total. The molecule has 0 fully saturated rings. The van der Waals surface area contributed by atoms with Gasteiger partial charge in [-0.2, -0.15) is 0 Å². The van der Waals surface area contributed by atoms with Crippen molar-refractivity contribution in [2.24, 2.45) is 0 Å². The summed E-state index contributed by atoms with van der Waals surface area (Å²) in [7, 11) is -6.74. The maximum atomic E-state index is 8.48. The summed E-state index contributed by atoms with van der Waals surface area (Å²) in [6.45, 7) is 0. The van der Waals surface area contributed by atoms with Crippen molar-refractivity contribution < 1.29 is 118 Å². The van der Waals surface area contributed by atoms with Crippen molar-refractivity contribution in [1.82, 2.24) is 0 Å². The molecule has 0 unspecified atom stereocenters. The van der Waals surface area contributed by atoms with Crippen LogP contribution in [0.15, 0.2) is 0 Å². The average molecular weight is 589 g/mol. The second kappa shape index (κ2) is 29.2. The van der Waals surface area contributed by atoms with Crippen LogP contribution in [0.25, 0.3) is 0 Å². The summed E-state index contributed by atoms with van der Waals surface area (Å²) in [5, 5.41) is 0. The maximum absolute atomic E-state index is 8.48. The molecule has 0 spiro atoms. The molecule has 0 aromatic rings. The van der Waals surface area contributed by atoms with Gasteiger partial charge in [0, 0.05) is 0 Å². The van der Waals surface area contributed by atoms with E-state index in [1.807, 2.05) is 0 Å². The summed E-state index contributed by atoms with van der Waals surface area (Å²) in [5.41, 5.74) is 0. The molecule has 0 radical (unpaired) electrons. The van der Waals surface area contributed by atoms with E-state index in [0.29, 0.717) is 0 Å².